The third-order valence-electron chi connectivity index (χ3n) is 7.43. The molecule has 0 spiro atoms. The Kier molecular flexibility index (Phi) is 9.20. The van der Waals surface area contributed by atoms with Gasteiger partial charge in [0.2, 0.25) is 0 Å². The lowest BCUT2D eigenvalue weighted by Crippen LogP contribution is -2.28. The lowest BCUT2D eigenvalue weighted by Gasteiger charge is -2.40. The van der Waals surface area contributed by atoms with Crippen molar-refractivity contribution in [3.05, 3.63) is 0 Å². The van der Waals surface area contributed by atoms with Crippen LogP contribution in [0.15, 0.2) is 0 Å². The molecule has 0 amide bonds. The molecule has 0 nitrogen and oxygen atoms in total. The Balaban J connectivity index is 1.72. The van der Waals surface area contributed by atoms with E-state index in [9.17, 15) is 0 Å². The van der Waals surface area contributed by atoms with Crippen LogP contribution < -0.4 is 0 Å². The van der Waals surface area contributed by atoms with E-state index >= 15 is 0 Å². The summed E-state index contributed by atoms with van der Waals surface area (Å²) in [6.45, 7) is 9.55. The summed E-state index contributed by atoms with van der Waals surface area (Å²) >= 11 is 0. The number of unbranched alkanes of at least 4 members (excludes halogenated alkanes) is 1. The van der Waals surface area contributed by atoms with Gasteiger partial charge < -0.3 is 0 Å². The maximum absolute atomic E-state index is 2.40. The number of hydrogen-bond acceptors (Lipinski definition) is 0. The van der Waals surface area contributed by atoms with E-state index in [0.29, 0.717) is 0 Å². The lowest BCUT2D eigenvalue weighted by atomic mass is 9.66. The van der Waals surface area contributed by atoms with E-state index in [1.807, 2.05) is 0 Å². The minimum atomic E-state index is 0.903. The van der Waals surface area contributed by atoms with Crippen LogP contribution >= 0.6 is 0 Å². The predicted octanol–water partition coefficient (Wildman–Crippen LogP) is 8.25. The van der Waals surface area contributed by atoms with Crippen LogP contribution in [-0.4, -0.2) is 0 Å². The van der Waals surface area contributed by atoms with Crippen LogP contribution in [0, 0.1) is 35.5 Å². The molecule has 0 heteroatoms. The van der Waals surface area contributed by atoms with Crippen LogP contribution in [0.5, 0.6) is 0 Å². The SMILES string of the molecule is CCCCC(CCC)C1CCC(C2CCC(CC(C)C)CC2)CC1. The van der Waals surface area contributed by atoms with E-state index in [4.69, 9.17) is 0 Å². The van der Waals surface area contributed by atoms with Gasteiger partial charge in [-0.2, -0.15) is 0 Å². The maximum Gasteiger partial charge on any atom is -0.0386 e. The van der Waals surface area contributed by atoms with Gasteiger partial charge in [-0.3, -0.25) is 0 Å². The van der Waals surface area contributed by atoms with Gasteiger partial charge >= 0.3 is 0 Å². The Hall–Kier alpha value is 0. The molecule has 24 heavy (non-hydrogen) atoms. The van der Waals surface area contributed by atoms with Gasteiger partial charge in [-0.25, -0.2) is 0 Å². The molecule has 0 aliphatic heterocycles. The first-order valence-electron chi connectivity index (χ1n) is 11.6. The second kappa shape index (κ2) is 10.9. The summed E-state index contributed by atoms with van der Waals surface area (Å²) < 4.78 is 0. The second-order valence-corrected chi connectivity index (χ2v) is 9.78. The Morgan fingerprint density at radius 1 is 0.708 bits per heavy atom. The quantitative estimate of drug-likeness (QED) is 0.398. The van der Waals surface area contributed by atoms with Crippen molar-refractivity contribution in [2.75, 3.05) is 0 Å². The molecule has 0 aromatic heterocycles. The van der Waals surface area contributed by atoms with Crippen molar-refractivity contribution >= 4 is 0 Å². The standard InChI is InChI=1S/C24H46/c1-5-7-9-21(8-6-2)23-14-16-24(17-15-23)22-12-10-20(11-13-22)18-19(3)4/h19-24H,5-18H2,1-4H3. The zero-order valence-electron chi connectivity index (χ0n) is 17.4. The monoisotopic (exact) mass is 334 g/mol. The summed E-state index contributed by atoms with van der Waals surface area (Å²) in [5, 5.41) is 0. The maximum atomic E-state index is 2.40. The first-order valence-corrected chi connectivity index (χ1v) is 11.6. The van der Waals surface area contributed by atoms with Crippen LogP contribution in [0.1, 0.15) is 118 Å². The highest BCUT2D eigenvalue weighted by Crippen LogP contribution is 2.45. The van der Waals surface area contributed by atoms with E-state index in [-0.39, 0.29) is 0 Å². The molecular weight excluding hydrogens is 288 g/mol. The van der Waals surface area contributed by atoms with Gasteiger partial charge in [-0.15, -0.1) is 0 Å². The topological polar surface area (TPSA) is 0 Å². The largest absolute Gasteiger partial charge is 0.0654 e. The molecule has 0 N–H and O–H groups in total. The van der Waals surface area contributed by atoms with Crippen molar-refractivity contribution in [1.29, 1.82) is 0 Å². The van der Waals surface area contributed by atoms with Crippen molar-refractivity contribution in [3.63, 3.8) is 0 Å². The summed E-state index contributed by atoms with van der Waals surface area (Å²) in [7, 11) is 0. The number of hydrogen-bond donors (Lipinski definition) is 0. The smallest absolute Gasteiger partial charge is 0.0386 e. The Morgan fingerprint density at radius 3 is 1.79 bits per heavy atom. The molecule has 2 aliphatic carbocycles. The molecule has 0 radical (unpaired) electrons. The van der Waals surface area contributed by atoms with E-state index in [2.05, 4.69) is 27.7 Å². The van der Waals surface area contributed by atoms with E-state index in [1.54, 1.807) is 38.5 Å². The van der Waals surface area contributed by atoms with Crippen molar-refractivity contribution in [2.45, 2.75) is 118 Å². The minimum absolute atomic E-state index is 0.903. The van der Waals surface area contributed by atoms with Crippen molar-refractivity contribution in [2.24, 2.45) is 35.5 Å². The summed E-state index contributed by atoms with van der Waals surface area (Å²) in [5.74, 6) is 6.27. The molecule has 2 fully saturated rings. The van der Waals surface area contributed by atoms with Gasteiger partial charge in [-0.1, -0.05) is 72.6 Å². The third-order valence-corrected chi connectivity index (χ3v) is 7.43. The van der Waals surface area contributed by atoms with Gasteiger partial charge in [0.1, 0.15) is 0 Å². The fraction of sp³-hybridized carbons (Fsp3) is 1.00. The van der Waals surface area contributed by atoms with Gasteiger partial charge in [0.25, 0.3) is 0 Å². The van der Waals surface area contributed by atoms with Crippen LogP contribution in [0.3, 0.4) is 0 Å². The summed E-state index contributed by atoms with van der Waals surface area (Å²) in [4.78, 5) is 0. The molecule has 142 valence electrons. The second-order valence-electron chi connectivity index (χ2n) is 9.78. The van der Waals surface area contributed by atoms with E-state index in [1.165, 1.54) is 51.4 Å². The highest BCUT2D eigenvalue weighted by molar-refractivity contribution is 4.84. The molecule has 1 unspecified atom stereocenters. The molecule has 0 bridgehead atoms. The fourth-order valence-electron chi connectivity index (χ4n) is 6.10. The van der Waals surface area contributed by atoms with Gasteiger partial charge in [-0.05, 0) is 80.5 Å². The average Bonchev–Trinajstić information content (AvgIpc) is 2.59. The Morgan fingerprint density at radius 2 is 1.29 bits per heavy atom. The van der Waals surface area contributed by atoms with Crippen LogP contribution in [0.25, 0.3) is 0 Å². The van der Waals surface area contributed by atoms with Crippen LogP contribution in [0.4, 0.5) is 0 Å². The van der Waals surface area contributed by atoms with Gasteiger partial charge in [0, 0.05) is 0 Å². The zero-order chi connectivity index (χ0) is 17.4. The van der Waals surface area contributed by atoms with Crippen LogP contribution in [-0.2, 0) is 0 Å². The summed E-state index contributed by atoms with van der Waals surface area (Å²) in [6.07, 6.45) is 21.2. The van der Waals surface area contributed by atoms with Gasteiger partial charge in [0.15, 0.2) is 0 Å². The highest BCUT2D eigenvalue weighted by Gasteiger charge is 2.32. The van der Waals surface area contributed by atoms with Crippen molar-refractivity contribution < 1.29 is 0 Å². The lowest BCUT2D eigenvalue weighted by molar-refractivity contribution is 0.115. The van der Waals surface area contributed by atoms with Crippen LogP contribution in [0.2, 0.25) is 0 Å². The molecule has 2 rings (SSSR count). The van der Waals surface area contributed by atoms with E-state index in [0.717, 1.165) is 35.5 Å². The highest BCUT2D eigenvalue weighted by atomic mass is 14.4. The van der Waals surface area contributed by atoms with Crippen molar-refractivity contribution in [3.8, 4) is 0 Å². The first-order chi connectivity index (χ1) is 11.6. The zero-order valence-corrected chi connectivity index (χ0v) is 17.4. The molecule has 0 saturated heterocycles. The molecule has 2 aliphatic rings. The third kappa shape index (κ3) is 6.38. The van der Waals surface area contributed by atoms with Gasteiger partial charge in [0.05, 0.1) is 0 Å². The predicted molar refractivity (Wildman–Crippen MR) is 108 cm³/mol. The minimum Gasteiger partial charge on any atom is -0.0654 e. The Labute approximate surface area is 153 Å². The molecule has 2 saturated carbocycles. The van der Waals surface area contributed by atoms with E-state index < -0.39 is 0 Å². The Bertz CT molecular complexity index is 302. The van der Waals surface area contributed by atoms with Crippen molar-refractivity contribution in [1.82, 2.24) is 0 Å². The summed E-state index contributed by atoms with van der Waals surface area (Å²) in [6, 6.07) is 0. The molecule has 1 atom stereocenters. The molecule has 0 heterocycles. The molecule has 0 aromatic carbocycles. The number of rotatable bonds is 9. The molecule has 0 aromatic rings. The fourth-order valence-corrected chi connectivity index (χ4v) is 6.10. The first kappa shape index (κ1) is 20.3. The summed E-state index contributed by atoms with van der Waals surface area (Å²) in [5.41, 5.74) is 0. The average molecular weight is 335 g/mol. The normalized spacial score (nSPS) is 32.9. The molecular formula is C24H46.